The Morgan fingerprint density at radius 1 is 1.12 bits per heavy atom. The van der Waals surface area contributed by atoms with Gasteiger partial charge in [0.2, 0.25) is 11.8 Å². The fourth-order valence-electron chi connectivity index (χ4n) is 3.41. The zero-order valence-electron chi connectivity index (χ0n) is 15.9. The van der Waals surface area contributed by atoms with E-state index in [1.807, 2.05) is 55.5 Å². The maximum Gasteiger partial charge on any atom is 0.229 e. The molecule has 2 aromatic carbocycles. The van der Waals surface area contributed by atoms with Crippen LogP contribution in [-0.4, -0.2) is 18.4 Å². The van der Waals surface area contributed by atoms with Crippen molar-refractivity contribution in [2.24, 2.45) is 5.92 Å². The minimum Gasteiger partial charge on any atom is -0.326 e. The molecule has 1 aliphatic rings. The summed E-state index contributed by atoms with van der Waals surface area (Å²) in [6.45, 7) is 8.78. The quantitative estimate of drug-likeness (QED) is 0.898. The summed E-state index contributed by atoms with van der Waals surface area (Å²) in [7, 11) is 0. The van der Waals surface area contributed by atoms with Crippen LogP contribution in [0, 0.1) is 12.8 Å². The van der Waals surface area contributed by atoms with Crippen LogP contribution in [0.2, 0.25) is 0 Å². The fourth-order valence-corrected chi connectivity index (χ4v) is 3.41. The molecule has 0 aromatic heterocycles. The van der Waals surface area contributed by atoms with Crippen molar-refractivity contribution in [3.05, 3.63) is 59.7 Å². The monoisotopic (exact) mass is 350 g/mol. The number of hydrogen-bond donors (Lipinski definition) is 1. The van der Waals surface area contributed by atoms with Crippen molar-refractivity contribution in [3.8, 4) is 0 Å². The molecule has 1 heterocycles. The zero-order chi connectivity index (χ0) is 18.9. The van der Waals surface area contributed by atoms with Crippen molar-refractivity contribution in [1.29, 1.82) is 0 Å². The Kier molecular flexibility index (Phi) is 4.86. The molecule has 1 N–H and O–H groups in total. The molecular formula is C22H26N2O2. The van der Waals surface area contributed by atoms with Gasteiger partial charge in [0.05, 0.1) is 5.92 Å². The number of para-hydroxylation sites is 1. The Morgan fingerprint density at radius 3 is 2.54 bits per heavy atom. The van der Waals surface area contributed by atoms with E-state index in [-0.39, 0.29) is 29.6 Å². The normalized spacial score (nSPS) is 17.5. The number of hydrogen-bond acceptors (Lipinski definition) is 2. The highest BCUT2D eigenvalue weighted by molar-refractivity contribution is 6.03. The Labute approximate surface area is 155 Å². The highest BCUT2D eigenvalue weighted by Crippen LogP contribution is 2.31. The lowest BCUT2D eigenvalue weighted by Crippen LogP contribution is -2.29. The van der Waals surface area contributed by atoms with E-state index in [4.69, 9.17) is 0 Å². The molecule has 3 rings (SSSR count). The summed E-state index contributed by atoms with van der Waals surface area (Å²) >= 11 is 0. The van der Waals surface area contributed by atoms with Crippen molar-refractivity contribution in [3.63, 3.8) is 0 Å². The minimum atomic E-state index is -0.337. The van der Waals surface area contributed by atoms with Crippen LogP contribution in [-0.2, 0) is 15.0 Å². The van der Waals surface area contributed by atoms with Crippen LogP contribution in [0.15, 0.2) is 48.5 Å². The molecule has 4 nitrogen and oxygen atoms in total. The van der Waals surface area contributed by atoms with E-state index in [9.17, 15) is 9.59 Å². The van der Waals surface area contributed by atoms with Crippen LogP contribution >= 0.6 is 0 Å². The summed E-state index contributed by atoms with van der Waals surface area (Å²) in [5.74, 6) is -0.430. The molecule has 136 valence electrons. The van der Waals surface area contributed by atoms with Crippen molar-refractivity contribution in [2.75, 3.05) is 16.8 Å². The molecule has 2 amide bonds. The minimum absolute atomic E-state index is 0.000133. The molecule has 26 heavy (non-hydrogen) atoms. The Balaban J connectivity index is 1.75. The van der Waals surface area contributed by atoms with Crippen LogP contribution < -0.4 is 10.2 Å². The number of amides is 2. The number of rotatable bonds is 3. The van der Waals surface area contributed by atoms with E-state index in [2.05, 4.69) is 26.1 Å². The van der Waals surface area contributed by atoms with Crippen LogP contribution in [0.25, 0.3) is 0 Å². The number of nitrogens with one attached hydrogen (secondary N) is 1. The second-order valence-electron chi connectivity index (χ2n) is 8.03. The predicted octanol–water partition coefficient (Wildman–Crippen LogP) is 4.28. The molecule has 1 unspecified atom stereocenters. The topological polar surface area (TPSA) is 49.4 Å². The van der Waals surface area contributed by atoms with Crippen LogP contribution in [0.4, 0.5) is 11.4 Å². The largest absolute Gasteiger partial charge is 0.326 e. The third-order valence-corrected chi connectivity index (χ3v) is 4.80. The lowest BCUT2D eigenvalue weighted by Gasteiger charge is -2.23. The average Bonchev–Trinajstić information content (AvgIpc) is 2.96. The number of benzene rings is 2. The third-order valence-electron chi connectivity index (χ3n) is 4.80. The van der Waals surface area contributed by atoms with Gasteiger partial charge in [0, 0.05) is 24.3 Å². The van der Waals surface area contributed by atoms with E-state index in [1.54, 1.807) is 4.90 Å². The standard InChI is InChI=1S/C22H26N2O2/c1-15-8-7-9-17(12-15)24-14-16(13-20(24)25)21(26)23-19-11-6-5-10-18(19)22(2,3)4/h5-12,16H,13-14H2,1-4H3,(H,23,26). The molecule has 0 aliphatic carbocycles. The lowest BCUT2D eigenvalue weighted by atomic mass is 9.85. The van der Waals surface area contributed by atoms with Crippen molar-refractivity contribution < 1.29 is 9.59 Å². The summed E-state index contributed by atoms with van der Waals surface area (Å²) in [5.41, 5.74) is 3.81. The van der Waals surface area contributed by atoms with Gasteiger partial charge in [-0.3, -0.25) is 9.59 Å². The summed E-state index contributed by atoms with van der Waals surface area (Å²) in [6, 6.07) is 15.7. The first-order chi connectivity index (χ1) is 12.3. The second-order valence-corrected chi connectivity index (χ2v) is 8.03. The van der Waals surface area contributed by atoms with E-state index in [0.717, 1.165) is 22.5 Å². The van der Waals surface area contributed by atoms with Gasteiger partial charge < -0.3 is 10.2 Å². The van der Waals surface area contributed by atoms with Gasteiger partial charge in [0.1, 0.15) is 0 Å². The van der Waals surface area contributed by atoms with Gasteiger partial charge in [-0.2, -0.15) is 0 Å². The van der Waals surface area contributed by atoms with Crippen LogP contribution in [0.5, 0.6) is 0 Å². The molecule has 1 saturated heterocycles. The first-order valence-electron chi connectivity index (χ1n) is 9.03. The molecule has 0 bridgehead atoms. The number of aryl methyl sites for hydroxylation is 1. The second kappa shape index (κ2) is 6.94. The van der Waals surface area contributed by atoms with Gasteiger partial charge in [-0.1, -0.05) is 51.1 Å². The molecule has 0 spiro atoms. The number of carbonyl (C=O) groups excluding carboxylic acids is 2. The number of nitrogens with zero attached hydrogens (tertiary/aromatic N) is 1. The van der Waals surface area contributed by atoms with Crippen molar-refractivity contribution in [1.82, 2.24) is 0 Å². The third kappa shape index (κ3) is 3.79. The summed E-state index contributed by atoms with van der Waals surface area (Å²) in [5, 5.41) is 3.05. The van der Waals surface area contributed by atoms with Crippen molar-refractivity contribution >= 4 is 23.2 Å². The summed E-state index contributed by atoms with van der Waals surface area (Å²) in [4.78, 5) is 26.9. The van der Waals surface area contributed by atoms with Gasteiger partial charge in [-0.25, -0.2) is 0 Å². The maximum absolute atomic E-state index is 12.8. The molecule has 2 aromatic rings. The zero-order valence-corrected chi connectivity index (χ0v) is 15.9. The molecule has 0 saturated carbocycles. The van der Waals surface area contributed by atoms with Gasteiger partial charge >= 0.3 is 0 Å². The first kappa shape index (κ1) is 18.2. The average molecular weight is 350 g/mol. The Hall–Kier alpha value is -2.62. The van der Waals surface area contributed by atoms with E-state index in [0.29, 0.717) is 6.54 Å². The first-order valence-corrected chi connectivity index (χ1v) is 9.03. The molecule has 0 radical (unpaired) electrons. The molecule has 4 heteroatoms. The van der Waals surface area contributed by atoms with E-state index < -0.39 is 0 Å². The van der Waals surface area contributed by atoms with Gasteiger partial charge in [0.15, 0.2) is 0 Å². The maximum atomic E-state index is 12.8. The Bertz CT molecular complexity index is 836. The molecule has 1 aliphatic heterocycles. The highest BCUT2D eigenvalue weighted by atomic mass is 16.2. The number of anilines is 2. The van der Waals surface area contributed by atoms with Crippen LogP contribution in [0.3, 0.4) is 0 Å². The number of carbonyl (C=O) groups is 2. The van der Waals surface area contributed by atoms with Gasteiger partial charge in [-0.05, 0) is 41.7 Å². The van der Waals surface area contributed by atoms with Gasteiger partial charge in [0.25, 0.3) is 0 Å². The smallest absolute Gasteiger partial charge is 0.229 e. The van der Waals surface area contributed by atoms with E-state index in [1.165, 1.54) is 0 Å². The Morgan fingerprint density at radius 2 is 1.85 bits per heavy atom. The molecular weight excluding hydrogens is 324 g/mol. The predicted molar refractivity (Wildman–Crippen MR) is 105 cm³/mol. The lowest BCUT2D eigenvalue weighted by molar-refractivity contribution is -0.122. The summed E-state index contributed by atoms with van der Waals surface area (Å²) in [6.07, 6.45) is 0.247. The van der Waals surface area contributed by atoms with E-state index >= 15 is 0 Å². The van der Waals surface area contributed by atoms with Crippen LogP contribution in [0.1, 0.15) is 38.3 Å². The molecule has 1 fully saturated rings. The SMILES string of the molecule is Cc1cccc(N2CC(C(=O)Nc3ccccc3C(C)(C)C)CC2=O)c1. The molecule has 1 atom stereocenters. The van der Waals surface area contributed by atoms with Crippen molar-refractivity contribution in [2.45, 2.75) is 39.5 Å². The summed E-state index contributed by atoms with van der Waals surface area (Å²) < 4.78 is 0. The highest BCUT2D eigenvalue weighted by Gasteiger charge is 2.35. The fraction of sp³-hybridized carbons (Fsp3) is 0.364. The van der Waals surface area contributed by atoms with Gasteiger partial charge in [-0.15, -0.1) is 0 Å².